The maximum atomic E-state index is 10.8. The summed E-state index contributed by atoms with van der Waals surface area (Å²) in [5, 5.41) is 10.8. The minimum atomic E-state index is -1.24. The standard InChI is InChI=1S/C10H9BrO4/c11-7-5-9-8(4-6(7)10(12)13)14-2-1-3-15-9/h4-5H,1-3H2,(H,12,13)/p-1. The molecule has 5 heteroatoms. The summed E-state index contributed by atoms with van der Waals surface area (Å²) in [6.07, 6.45) is 0.785. The second kappa shape index (κ2) is 4.10. The van der Waals surface area contributed by atoms with Gasteiger partial charge in [0.15, 0.2) is 11.5 Å². The summed E-state index contributed by atoms with van der Waals surface area (Å²) >= 11 is 3.15. The van der Waals surface area contributed by atoms with Crippen LogP contribution in [0.2, 0.25) is 0 Å². The van der Waals surface area contributed by atoms with Crippen LogP contribution in [-0.4, -0.2) is 19.2 Å². The summed E-state index contributed by atoms with van der Waals surface area (Å²) in [7, 11) is 0. The maximum Gasteiger partial charge on any atom is 0.162 e. The first-order valence-corrected chi connectivity index (χ1v) is 5.28. The summed E-state index contributed by atoms with van der Waals surface area (Å²) in [6, 6.07) is 3.01. The van der Waals surface area contributed by atoms with Gasteiger partial charge in [0.05, 0.1) is 19.2 Å². The Kier molecular flexibility index (Phi) is 2.81. The van der Waals surface area contributed by atoms with Gasteiger partial charge in [-0.05, 0) is 28.1 Å². The average molecular weight is 272 g/mol. The Hall–Kier alpha value is -1.23. The molecule has 1 heterocycles. The first-order valence-electron chi connectivity index (χ1n) is 4.49. The smallest absolute Gasteiger partial charge is 0.162 e. The van der Waals surface area contributed by atoms with Gasteiger partial charge in [0.2, 0.25) is 0 Å². The van der Waals surface area contributed by atoms with Crippen molar-refractivity contribution in [3.63, 3.8) is 0 Å². The maximum absolute atomic E-state index is 10.8. The highest BCUT2D eigenvalue weighted by Crippen LogP contribution is 2.34. The van der Waals surface area contributed by atoms with E-state index in [1.54, 1.807) is 6.07 Å². The molecular weight excluding hydrogens is 264 g/mol. The third kappa shape index (κ3) is 2.07. The number of aromatic carboxylic acids is 1. The number of halogens is 1. The van der Waals surface area contributed by atoms with E-state index in [9.17, 15) is 9.90 Å². The van der Waals surface area contributed by atoms with E-state index in [1.807, 2.05) is 0 Å². The molecule has 1 aromatic rings. The Morgan fingerprint density at radius 3 is 2.47 bits per heavy atom. The van der Waals surface area contributed by atoms with Crippen LogP contribution in [0.1, 0.15) is 16.8 Å². The van der Waals surface area contributed by atoms with Gasteiger partial charge in [-0.1, -0.05) is 0 Å². The van der Waals surface area contributed by atoms with Crippen molar-refractivity contribution in [3.8, 4) is 11.5 Å². The third-order valence-corrected chi connectivity index (χ3v) is 2.71. The second-order valence-corrected chi connectivity index (χ2v) is 3.97. The Bertz CT molecular complexity index is 403. The Balaban J connectivity index is 2.47. The van der Waals surface area contributed by atoms with Crippen LogP contribution in [-0.2, 0) is 0 Å². The molecule has 0 amide bonds. The van der Waals surface area contributed by atoms with E-state index in [1.165, 1.54) is 6.07 Å². The molecule has 2 rings (SSSR count). The van der Waals surface area contributed by atoms with Gasteiger partial charge in [-0.15, -0.1) is 0 Å². The Morgan fingerprint density at radius 2 is 1.87 bits per heavy atom. The molecule has 0 spiro atoms. The fraction of sp³-hybridized carbons (Fsp3) is 0.300. The van der Waals surface area contributed by atoms with Crippen LogP contribution in [0.3, 0.4) is 0 Å². The van der Waals surface area contributed by atoms with Crippen molar-refractivity contribution in [3.05, 3.63) is 22.2 Å². The van der Waals surface area contributed by atoms with E-state index in [0.717, 1.165) is 6.42 Å². The topological polar surface area (TPSA) is 58.6 Å². The van der Waals surface area contributed by atoms with Gasteiger partial charge in [-0.25, -0.2) is 0 Å². The summed E-state index contributed by atoms with van der Waals surface area (Å²) in [5.74, 6) is -0.225. The van der Waals surface area contributed by atoms with Gasteiger partial charge in [-0.2, -0.15) is 0 Å². The summed E-state index contributed by atoms with van der Waals surface area (Å²) in [5.41, 5.74) is 0.0688. The van der Waals surface area contributed by atoms with Crippen LogP contribution < -0.4 is 14.6 Å². The lowest BCUT2D eigenvalue weighted by molar-refractivity contribution is -0.255. The predicted octanol–water partition coefficient (Wildman–Crippen LogP) is 0.974. The summed E-state index contributed by atoms with van der Waals surface area (Å²) in [6.45, 7) is 1.10. The fourth-order valence-corrected chi connectivity index (χ4v) is 1.82. The van der Waals surface area contributed by atoms with E-state index in [4.69, 9.17) is 9.47 Å². The van der Waals surface area contributed by atoms with Crippen LogP contribution >= 0.6 is 15.9 Å². The number of rotatable bonds is 1. The lowest BCUT2D eigenvalue weighted by Gasteiger charge is -2.11. The molecule has 80 valence electrons. The van der Waals surface area contributed by atoms with Gasteiger partial charge < -0.3 is 19.4 Å². The van der Waals surface area contributed by atoms with Crippen molar-refractivity contribution in [2.75, 3.05) is 13.2 Å². The molecule has 0 unspecified atom stereocenters. The van der Waals surface area contributed by atoms with Crippen molar-refractivity contribution in [2.45, 2.75) is 6.42 Å². The van der Waals surface area contributed by atoms with Crippen LogP contribution in [0.4, 0.5) is 0 Å². The normalized spacial score (nSPS) is 14.5. The average Bonchev–Trinajstić information content (AvgIpc) is 2.40. The number of fused-ring (bicyclic) bond motifs is 1. The lowest BCUT2D eigenvalue weighted by Crippen LogP contribution is -2.22. The molecule has 0 radical (unpaired) electrons. The number of ether oxygens (including phenoxy) is 2. The van der Waals surface area contributed by atoms with Crippen LogP contribution in [0.5, 0.6) is 11.5 Å². The van der Waals surface area contributed by atoms with E-state index in [2.05, 4.69) is 15.9 Å². The second-order valence-electron chi connectivity index (χ2n) is 3.12. The summed E-state index contributed by atoms with van der Waals surface area (Å²) < 4.78 is 11.2. The first kappa shape index (κ1) is 10.3. The Labute approximate surface area is 94.9 Å². The van der Waals surface area contributed by atoms with Crippen molar-refractivity contribution >= 4 is 21.9 Å². The number of carboxylic acids is 1. The zero-order chi connectivity index (χ0) is 10.8. The Morgan fingerprint density at radius 1 is 1.27 bits per heavy atom. The largest absolute Gasteiger partial charge is 0.545 e. The molecule has 0 aromatic heterocycles. The highest BCUT2D eigenvalue weighted by molar-refractivity contribution is 9.10. The number of benzene rings is 1. The highest BCUT2D eigenvalue weighted by atomic mass is 79.9. The van der Waals surface area contributed by atoms with Crippen LogP contribution in [0.15, 0.2) is 16.6 Å². The first-order chi connectivity index (χ1) is 7.18. The number of carbonyl (C=O) groups is 1. The minimum Gasteiger partial charge on any atom is -0.545 e. The molecule has 0 atom stereocenters. The molecule has 0 aliphatic carbocycles. The minimum absolute atomic E-state index is 0.0688. The highest BCUT2D eigenvalue weighted by Gasteiger charge is 2.13. The molecule has 1 aromatic carbocycles. The predicted molar refractivity (Wildman–Crippen MR) is 54.1 cm³/mol. The molecule has 0 N–H and O–H groups in total. The molecule has 0 fully saturated rings. The number of hydrogen-bond donors (Lipinski definition) is 0. The molecule has 0 bridgehead atoms. The molecule has 1 aliphatic heterocycles. The molecular formula is C10H8BrO4-. The molecule has 0 saturated heterocycles. The van der Waals surface area contributed by atoms with Crippen molar-refractivity contribution in [2.24, 2.45) is 0 Å². The molecule has 4 nitrogen and oxygen atoms in total. The number of hydrogen-bond acceptors (Lipinski definition) is 4. The fourth-order valence-electron chi connectivity index (χ4n) is 1.34. The quantitative estimate of drug-likeness (QED) is 0.764. The van der Waals surface area contributed by atoms with E-state index in [-0.39, 0.29) is 5.56 Å². The summed E-state index contributed by atoms with van der Waals surface area (Å²) in [4.78, 5) is 10.8. The van der Waals surface area contributed by atoms with Gasteiger partial charge in [0.1, 0.15) is 0 Å². The number of carbonyl (C=O) groups excluding carboxylic acids is 1. The SMILES string of the molecule is O=C([O-])c1cc2c(cc1Br)OCCCO2. The zero-order valence-corrected chi connectivity index (χ0v) is 9.37. The zero-order valence-electron chi connectivity index (χ0n) is 7.79. The monoisotopic (exact) mass is 271 g/mol. The van der Waals surface area contributed by atoms with Crippen LogP contribution in [0.25, 0.3) is 0 Å². The molecule has 0 saturated carbocycles. The van der Waals surface area contributed by atoms with Crippen LogP contribution in [0, 0.1) is 0 Å². The van der Waals surface area contributed by atoms with Gasteiger partial charge >= 0.3 is 0 Å². The van der Waals surface area contributed by atoms with E-state index in [0.29, 0.717) is 29.2 Å². The molecule has 1 aliphatic rings. The molecule has 15 heavy (non-hydrogen) atoms. The third-order valence-electron chi connectivity index (χ3n) is 2.06. The lowest BCUT2D eigenvalue weighted by atomic mass is 10.2. The van der Waals surface area contributed by atoms with Gasteiger partial charge in [0, 0.05) is 16.5 Å². The van der Waals surface area contributed by atoms with Gasteiger partial charge in [-0.3, -0.25) is 0 Å². The van der Waals surface area contributed by atoms with Gasteiger partial charge in [0.25, 0.3) is 0 Å². The number of carboxylic acid groups (broad SMARTS) is 1. The van der Waals surface area contributed by atoms with E-state index >= 15 is 0 Å². The van der Waals surface area contributed by atoms with Crippen molar-refractivity contribution in [1.82, 2.24) is 0 Å². The van der Waals surface area contributed by atoms with E-state index < -0.39 is 5.97 Å². The van der Waals surface area contributed by atoms with Crippen molar-refractivity contribution in [1.29, 1.82) is 0 Å². The van der Waals surface area contributed by atoms with Crippen molar-refractivity contribution < 1.29 is 19.4 Å².